The molecule has 0 amide bonds. The van der Waals surface area contributed by atoms with Crippen molar-refractivity contribution >= 4 is 27.8 Å². The van der Waals surface area contributed by atoms with Crippen LogP contribution in [0.2, 0.25) is 0 Å². The number of anilines is 3. The first-order chi connectivity index (χ1) is 23.3. The molecular formula is C46H33N. The predicted octanol–water partition coefficient (Wildman–Crippen LogP) is 13.0. The van der Waals surface area contributed by atoms with Crippen molar-refractivity contribution < 1.29 is 0 Å². The first kappa shape index (κ1) is 28.3. The van der Waals surface area contributed by atoms with E-state index in [2.05, 4.69) is 205 Å². The fourth-order valence-electron chi connectivity index (χ4n) is 6.39. The second-order valence-corrected chi connectivity index (χ2v) is 11.9. The van der Waals surface area contributed by atoms with Gasteiger partial charge in [-0.05, 0) is 104 Å². The van der Waals surface area contributed by atoms with Crippen molar-refractivity contribution in [2.45, 2.75) is 0 Å². The van der Waals surface area contributed by atoms with E-state index in [0.29, 0.717) is 0 Å². The van der Waals surface area contributed by atoms with E-state index >= 15 is 0 Å². The normalized spacial score (nSPS) is 11.0. The largest absolute Gasteiger partial charge is 0.310 e. The molecule has 0 aliphatic carbocycles. The summed E-state index contributed by atoms with van der Waals surface area (Å²) in [6.07, 6.45) is 0. The average Bonchev–Trinajstić information content (AvgIpc) is 3.16. The Bertz CT molecular complexity index is 2270. The van der Waals surface area contributed by atoms with Gasteiger partial charge in [-0.2, -0.15) is 0 Å². The van der Waals surface area contributed by atoms with Crippen LogP contribution >= 0.6 is 0 Å². The highest BCUT2D eigenvalue weighted by atomic mass is 15.1. The molecule has 8 aromatic carbocycles. The Morgan fingerprint density at radius 1 is 0.213 bits per heavy atom. The molecule has 47 heavy (non-hydrogen) atoms. The van der Waals surface area contributed by atoms with Gasteiger partial charge in [-0.1, -0.05) is 152 Å². The first-order valence-corrected chi connectivity index (χ1v) is 16.1. The Balaban J connectivity index is 1.18. The third kappa shape index (κ3) is 5.95. The summed E-state index contributed by atoms with van der Waals surface area (Å²) in [6, 6.07) is 71.8. The predicted molar refractivity (Wildman–Crippen MR) is 200 cm³/mol. The molecule has 0 aromatic heterocycles. The molecule has 0 fully saturated rings. The van der Waals surface area contributed by atoms with Crippen molar-refractivity contribution in [2.75, 3.05) is 4.90 Å². The molecule has 222 valence electrons. The summed E-state index contributed by atoms with van der Waals surface area (Å²) in [5, 5.41) is 2.50. The van der Waals surface area contributed by atoms with Crippen molar-refractivity contribution in [2.24, 2.45) is 0 Å². The quantitative estimate of drug-likeness (QED) is 0.176. The topological polar surface area (TPSA) is 3.24 Å². The van der Waals surface area contributed by atoms with Gasteiger partial charge in [0.25, 0.3) is 0 Å². The lowest BCUT2D eigenvalue weighted by Gasteiger charge is -2.26. The maximum absolute atomic E-state index is 2.35. The van der Waals surface area contributed by atoms with E-state index in [1.54, 1.807) is 0 Å². The highest BCUT2D eigenvalue weighted by Crippen LogP contribution is 2.39. The number of nitrogens with zero attached hydrogens (tertiary/aromatic N) is 1. The van der Waals surface area contributed by atoms with Crippen LogP contribution in [0.15, 0.2) is 200 Å². The molecular weight excluding hydrogens is 567 g/mol. The second kappa shape index (κ2) is 12.7. The van der Waals surface area contributed by atoms with Gasteiger partial charge in [0.05, 0.1) is 0 Å². The minimum absolute atomic E-state index is 1.11. The van der Waals surface area contributed by atoms with Crippen molar-refractivity contribution in [3.8, 4) is 44.5 Å². The molecule has 0 radical (unpaired) electrons. The molecule has 0 unspecified atom stereocenters. The first-order valence-electron chi connectivity index (χ1n) is 16.1. The maximum Gasteiger partial charge on any atom is 0.0467 e. The van der Waals surface area contributed by atoms with Crippen LogP contribution < -0.4 is 4.90 Å². The summed E-state index contributed by atoms with van der Waals surface area (Å²) in [7, 11) is 0. The summed E-state index contributed by atoms with van der Waals surface area (Å²) >= 11 is 0. The highest BCUT2D eigenvalue weighted by molar-refractivity contribution is 5.89. The molecule has 0 saturated carbocycles. The zero-order valence-electron chi connectivity index (χ0n) is 26.0. The molecule has 1 heteroatoms. The molecule has 0 aliphatic rings. The van der Waals surface area contributed by atoms with Crippen LogP contribution in [0.3, 0.4) is 0 Å². The lowest BCUT2D eigenvalue weighted by molar-refractivity contribution is 1.28. The van der Waals surface area contributed by atoms with Gasteiger partial charge < -0.3 is 4.90 Å². The van der Waals surface area contributed by atoms with Gasteiger partial charge in [-0.15, -0.1) is 0 Å². The fraction of sp³-hybridized carbons (Fsp3) is 0. The lowest BCUT2D eigenvalue weighted by atomic mass is 9.98. The monoisotopic (exact) mass is 599 g/mol. The minimum Gasteiger partial charge on any atom is -0.310 e. The Kier molecular flexibility index (Phi) is 7.63. The molecule has 0 heterocycles. The summed E-state index contributed by atoms with van der Waals surface area (Å²) < 4.78 is 0. The summed E-state index contributed by atoms with van der Waals surface area (Å²) in [5.41, 5.74) is 13.0. The van der Waals surface area contributed by atoms with Crippen LogP contribution in [0, 0.1) is 0 Å². The van der Waals surface area contributed by atoms with E-state index in [9.17, 15) is 0 Å². The minimum atomic E-state index is 1.11. The van der Waals surface area contributed by atoms with Crippen LogP contribution in [0.1, 0.15) is 0 Å². The number of benzene rings is 8. The molecule has 1 nitrogen and oxygen atoms in total. The Morgan fingerprint density at radius 2 is 0.617 bits per heavy atom. The van der Waals surface area contributed by atoms with Crippen molar-refractivity contribution in [3.63, 3.8) is 0 Å². The molecule has 0 saturated heterocycles. The Morgan fingerprint density at radius 3 is 1.23 bits per heavy atom. The Labute approximate surface area is 276 Å². The van der Waals surface area contributed by atoms with E-state index in [4.69, 9.17) is 0 Å². The summed E-state index contributed by atoms with van der Waals surface area (Å²) in [5.74, 6) is 0. The number of rotatable bonds is 7. The molecule has 0 N–H and O–H groups in total. The van der Waals surface area contributed by atoms with Crippen LogP contribution in [-0.4, -0.2) is 0 Å². The van der Waals surface area contributed by atoms with E-state index in [1.165, 1.54) is 55.3 Å². The average molecular weight is 600 g/mol. The van der Waals surface area contributed by atoms with Gasteiger partial charge >= 0.3 is 0 Å². The van der Waals surface area contributed by atoms with E-state index < -0.39 is 0 Å². The summed E-state index contributed by atoms with van der Waals surface area (Å²) in [4.78, 5) is 2.35. The van der Waals surface area contributed by atoms with Gasteiger partial charge in [0.2, 0.25) is 0 Å². The van der Waals surface area contributed by atoms with E-state index in [1.807, 2.05) is 0 Å². The van der Waals surface area contributed by atoms with E-state index in [0.717, 1.165) is 17.1 Å². The van der Waals surface area contributed by atoms with Gasteiger partial charge in [-0.25, -0.2) is 0 Å². The molecule has 0 spiro atoms. The number of fused-ring (bicyclic) bond motifs is 1. The number of hydrogen-bond acceptors (Lipinski definition) is 1. The van der Waals surface area contributed by atoms with Crippen LogP contribution in [-0.2, 0) is 0 Å². The molecule has 8 aromatic rings. The van der Waals surface area contributed by atoms with Gasteiger partial charge in [-0.3, -0.25) is 0 Å². The maximum atomic E-state index is 2.35. The second-order valence-electron chi connectivity index (χ2n) is 11.9. The zero-order valence-corrected chi connectivity index (χ0v) is 26.0. The van der Waals surface area contributed by atoms with Crippen LogP contribution in [0.5, 0.6) is 0 Å². The summed E-state index contributed by atoms with van der Waals surface area (Å²) in [6.45, 7) is 0. The van der Waals surface area contributed by atoms with Crippen molar-refractivity contribution in [1.29, 1.82) is 0 Å². The number of hydrogen-bond donors (Lipinski definition) is 0. The third-order valence-corrected chi connectivity index (χ3v) is 8.85. The van der Waals surface area contributed by atoms with Crippen molar-refractivity contribution in [3.05, 3.63) is 200 Å². The lowest BCUT2D eigenvalue weighted by Crippen LogP contribution is -2.10. The molecule has 0 aliphatic heterocycles. The smallest absolute Gasteiger partial charge is 0.0467 e. The van der Waals surface area contributed by atoms with Gasteiger partial charge in [0, 0.05) is 17.1 Å². The molecule has 8 rings (SSSR count). The van der Waals surface area contributed by atoms with Crippen LogP contribution in [0.25, 0.3) is 55.3 Å². The van der Waals surface area contributed by atoms with Gasteiger partial charge in [0.15, 0.2) is 0 Å². The molecule has 0 atom stereocenters. The SMILES string of the molecule is c1ccc(-c2ccc(N(c3ccc(-c4cccc(-c5ccccc5)c4)cc3)c3cccc(-c4ccc5ccccc5c4)c3)cc2)cc1. The van der Waals surface area contributed by atoms with Crippen molar-refractivity contribution in [1.82, 2.24) is 0 Å². The third-order valence-electron chi connectivity index (χ3n) is 8.85. The van der Waals surface area contributed by atoms with E-state index in [-0.39, 0.29) is 0 Å². The molecule has 0 bridgehead atoms. The van der Waals surface area contributed by atoms with Gasteiger partial charge in [0.1, 0.15) is 0 Å². The fourth-order valence-corrected chi connectivity index (χ4v) is 6.39. The Hall–Kier alpha value is -6.18. The van der Waals surface area contributed by atoms with Crippen LogP contribution in [0.4, 0.5) is 17.1 Å². The zero-order chi connectivity index (χ0) is 31.4. The highest BCUT2D eigenvalue weighted by Gasteiger charge is 2.15. The standard InChI is InChI=1S/C46H33N/c1-3-11-34(12-4-1)37-23-27-44(28-24-37)47(46-20-10-19-42(33-46)43-22-21-36-15-7-8-16-39(36)32-43)45-29-25-38(26-30-45)41-18-9-17-40(31-41)35-13-5-2-6-14-35/h1-33H.